The van der Waals surface area contributed by atoms with Gasteiger partial charge in [0.2, 0.25) is 27.8 Å². The van der Waals surface area contributed by atoms with Crippen LogP contribution in [0.5, 0.6) is 0 Å². The number of imide groups is 1. The van der Waals surface area contributed by atoms with Crippen LogP contribution in [0.3, 0.4) is 0 Å². The summed E-state index contributed by atoms with van der Waals surface area (Å²) < 4.78 is 0. The number of fused-ring (bicyclic) bond motifs is 2. The second kappa shape index (κ2) is 12.6. The van der Waals surface area contributed by atoms with E-state index in [4.69, 9.17) is 16.0 Å². The van der Waals surface area contributed by atoms with Gasteiger partial charge in [-0.1, -0.05) is 106 Å². The fourth-order valence-electron chi connectivity index (χ4n) is 2.58. The molecule has 0 fully saturated rings. The van der Waals surface area contributed by atoms with Gasteiger partial charge in [0.05, 0.1) is 11.1 Å². The molecular formula is C28H40B2N2O2. The molecule has 2 aliphatic heterocycles. The average molecular weight is 458 g/mol. The highest BCUT2D eigenvalue weighted by Crippen LogP contribution is 2.28. The number of benzene rings is 2. The molecule has 0 spiro atoms. The molecule has 0 aromatic heterocycles. The van der Waals surface area contributed by atoms with Crippen LogP contribution >= 0.6 is 0 Å². The molecule has 34 heavy (non-hydrogen) atoms. The molecule has 2 aromatic rings. The number of nitrogens with zero attached hydrogens (tertiary/aromatic N) is 2. The number of hydrogen-bond donors (Lipinski definition) is 0. The van der Waals surface area contributed by atoms with Crippen LogP contribution in [0.2, 0.25) is 0 Å². The van der Waals surface area contributed by atoms with Crippen LogP contribution in [0.4, 0.5) is 0 Å². The molecule has 0 unspecified atom stereocenters. The molecule has 0 N–H and O–H groups in total. The van der Waals surface area contributed by atoms with Crippen molar-refractivity contribution in [1.82, 2.24) is 9.62 Å². The highest BCUT2D eigenvalue weighted by Gasteiger charge is 2.31. The summed E-state index contributed by atoms with van der Waals surface area (Å²) in [5.74, 6) is -0.869. The maximum Gasteiger partial charge on any atom is 0.248 e. The minimum Gasteiger partial charge on any atom is -0.421 e. The highest BCUT2D eigenvalue weighted by molar-refractivity contribution is 6.36. The van der Waals surface area contributed by atoms with Crippen molar-refractivity contribution in [2.75, 3.05) is 0 Å². The Hall–Kier alpha value is -2.75. The minimum atomic E-state index is -0.435. The summed E-state index contributed by atoms with van der Waals surface area (Å²) >= 11 is 0. The van der Waals surface area contributed by atoms with Crippen molar-refractivity contribution in [3.05, 3.63) is 77.4 Å². The van der Waals surface area contributed by atoms with Crippen LogP contribution in [0, 0.1) is 10.8 Å². The Labute approximate surface area is 210 Å². The van der Waals surface area contributed by atoms with Crippen LogP contribution in [-0.4, -0.2) is 37.4 Å². The van der Waals surface area contributed by atoms with Gasteiger partial charge in [0, 0.05) is 17.8 Å². The lowest BCUT2D eigenvalue weighted by Crippen LogP contribution is -2.26. The number of rotatable bonds is 0. The quantitative estimate of drug-likeness (QED) is 0.327. The third-order valence-electron chi connectivity index (χ3n) is 3.84. The standard InChI is InChI=1S/C9H8BN.C8H4BNO2.2C5H12.CH4/c1-7-9-5-3-2-4-8(9)6-11(7)10;9-10-7(11)5-3-1-2-4-6(5)8(10)12;2*1-5(2,3)4;/h2-5H,1,6H2;1-4H;2*1-4H3;1H4. The molecule has 4 rings (SSSR count). The minimum absolute atomic E-state index is 0. The van der Waals surface area contributed by atoms with Gasteiger partial charge >= 0.3 is 0 Å². The van der Waals surface area contributed by atoms with Crippen LogP contribution in [0.1, 0.15) is 94.7 Å². The molecule has 2 heterocycles. The SMILES string of the molecule is C.CC(C)(C)C.CC(C)(C)C.[B]N1C(=O)c2ccccc2C1=O.[B]N1Cc2ccccc2C1=C. The third-order valence-corrected chi connectivity index (χ3v) is 3.84. The number of carbonyl (C=O) groups is 2. The Morgan fingerprint density at radius 3 is 1.38 bits per heavy atom. The molecule has 0 bridgehead atoms. The molecule has 0 atom stereocenters. The Morgan fingerprint density at radius 1 is 0.706 bits per heavy atom. The number of hydrogen-bond acceptors (Lipinski definition) is 3. The Balaban J connectivity index is 0.000000458. The molecule has 0 saturated heterocycles. The van der Waals surface area contributed by atoms with Gasteiger partial charge in [-0.3, -0.25) is 9.59 Å². The van der Waals surface area contributed by atoms with Gasteiger partial charge in [-0.2, -0.15) is 0 Å². The monoisotopic (exact) mass is 458 g/mol. The molecule has 4 nitrogen and oxygen atoms in total. The molecule has 4 radical (unpaired) electrons. The van der Waals surface area contributed by atoms with Crippen molar-refractivity contribution in [2.45, 2.75) is 69.4 Å². The van der Waals surface area contributed by atoms with E-state index in [2.05, 4.69) is 68.0 Å². The highest BCUT2D eigenvalue weighted by atomic mass is 16.2. The topological polar surface area (TPSA) is 40.6 Å². The summed E-state index contributed by atoms with van der Waals surface area (Å²) in [6.07, 6.45) is 0. The van der Waals surface area contributed by atoms with E-state index in [9.17, 15) is 9.59 Å². The normalized spacial score (nSPS) is 13.8. The van der Waals surface area contributed by atoms with E-state index in [0.29, 0.717) is 26.8 Å². The van der Waals surface area contributed by atoms with E-state index in [1.54, 1.807) is 29.1 Å². The fraction of sp³-hybridized carbons (Fsp3) is 0.429. The lowest BCUT2D eigenvalue weighted by molar-refractivity contribution is 0.0766. The Morgan fingerprint density at radius 2 is 1.03 bits per heavy atom. The first-order valence-electron chi connectivity index (χ1n) is 11.0. The van der Waals surface area contributed by atoms with Crippen molar-refractivity contribution >= 4 is 33.5 Å². The zero-order chi connectivity index (χ0) is 25.6. The van der Waals surface area contributed by atoms with E-state index in [-0.39, 0.29) is 7.43 Å². The zero-order valence-electron chi connectivity index (χ0n) is 21.4. The lowest BCUT2D eigenvalue weighted by atomic mass is 10.0. The average Bonchev–Trinajstić information content (AvgIpc) is 3.09. The van der Waals surface area contributed by atoms with Crippen molar-refractivity contribution < 1.29 is 9.59 Å². The van der Waals surface area contributed by atoms with Crippen molar-refractivity contribution in [3.8, 4) is 0 Å². The molecule has 2 aromatic carbocycles. The molecule has 180 valence electrons. The maximum absolute atomic E-state index is 11.2. The number of carbonyl (C=O) groups excluding carboxylic acids is 2. The van der Waals surface area contributed by atoms with Crippen LogP contribution in [-0.2, 0) is 6.54 Å². The van der Waals surface area contributed by atoms with E-state index in [1.165, 1.54) is 11.1 Å². The lowest BCUT2D eigenvalue weighted by Gasteiger charge is -2.10. The summed E-state index contributed by atoms with van der Waals surface area (Å²) in [5.41, 5.74) is 5.12. The second-order valence-electron chi connectivity index (χ2n) is 11.3. The number of amides is 2. The first-order chi connectivity index (χ1) is 15.0. The van der Waals surface area contributed by atoms with Crippen molar-refractivity contribution in [1.29, 1.82) is 0 Å². The van der Waals surface area contributed by atoms with Crippen LogP contribution in [0.15, 0.2) is 55.1 Å². The van der Waals surface area contributed by atoms with E-state index in [0.717, 1.165) is 12.2 Å². The van der Waals surface area contributed by atoms with Gasteiger partial charge in [0.1, 0.15) is 0 Å². The van der Waals surface area contributed by atoms with Gasteiger partial charge in [-0.25, -0.2) is 0 Å². The largest absolute Gasteiger partial charge is 0.421 e. The summed E-state index contributed by atoms with van der Waals surface area (Å²) in [6, 6.07) is 14.7. The predicted octanol–water partition coefficient (Wildman–Crippen LogP) is 6.66. The van der Waals surface area contributed by atoms with Crippen LogP contribution in [0.25, 0.3) is 5.70 Å². The van der Waals surface area contributed by atoms with Gasteiger partial charge in [-0.15, -0.1) is 0 Å². The first-order valence-corrected chi connectivity index (χ1v) is 11.0. The van der Waals surface area contributed by atoms with Gasteiger partial charge in [0.15, 0.2) is 0 Å². The summed E-state index contributed by atoms with van der Waals surface area (Å²) in [6.45, 7) is 22.2. The Bertz CT molecular complexity index is 929. The van der Waals surface area contributed by atoms with Crippen molar-refractivity contribution in [3.63, 3.8) is 0 Å². The van der Waals surface area contributed by atoms with E-state index < -0.39 is 11.8 Å². The summed E-state index contributed by atoms with van der Waals surface area (Å²) in [4.78, 5) is 24.7. The van der Waals surface area contributed by atoms with E-state index >= 15 is 0 Å². The predicted molar refractivity (Wildman–Crippen MR) is 146 cm³/mol. The maximum atomic E-state index is 11.2. The van der Waals surface area contributed by atoms with Gasteiger partial charge in [-0.05, 0) is 28.5 Å². The Kier molecular flexibility index (Phi) is 11.6. The molecule has 2 aliphatic rings. The van der Waals surface area contributed by atoms with Crippen LogP contribution < -0.4 is 0 Å². The smallest absolute Gasteiger partial charge is 0.248 e. The zero-order valence-corrected chi connectivity index (χ0v) is 21.4. The molecule has 2 amide bonds. The first kappa shape index (κ1) is 31.2. The molecule has 6 heteroatoms. The van der Waals surface area contributed by atoms with Gasteiger partial charge in [0.25, 0.3) is 0 Å². The van der Waals surface area contributed by atoms with E-state index in [1.807, 2.05) is 18.2 Å². The summed E-state index contributed by atoms with van der Waals surface area (Å²) in [7, 11) is 10.9. The van der Waals surface area contributed by atoms with Gasteiger partial charge < -0.3 is 9.62 Å². The second-order valence-corrected chi connectivity index (χ2v) is 11.3. The molecule has 0 saturated carbocycles. The third kappa shape index (κ3) is 10.5. The van der Waals surface area contributed by atoms with Crippen molar-refractivity contribution in [2.24, 2.45) is 10.8 Å². The molecular weight excluding hydrogens is 418 g/mol. The molecule has 0 aliphatic carbocycles. The fourth-order valence-corrected chi connectivity index (χ4v) is 2.58. The summed E-state index contributed by atoms with van der Waals surface area (Å²) in [5, 5.41) is 0.